The number of nitrogens with one attached hydrogen (secondary N) is 2. The summed E-state index contributed by atoms with van der Waals surface area (Å²) in [5, 5.41) is 4.38. The predicted octanol–water partition coefficient (Wildman–Crippen LogP) is 5.38. The van der Waals surface area contributed by atoms with Crippen LogP contribution in [0.4, 0.5) is 40.4 Å². The van der Waals surface area contributed by atoms with E-state index in [0.717, 1.165) is 36.5 Å². The molecule has 0 bridgehead atoms. The van der Waals surface area contributed by atoms with Gasteiger partial charge in [0.15, 0.2) is 17.5 Å². The van der Waals surface area contributed by atoms with Gasteiger partial charge in [-0.1, -0.05) is 24.3 Å². The van der Waals surface area contributed by atoms with Gasteiger partial charge < -0.3 is 10.6 Å². The Balaban J connectivity index is 1.82. The summed E-state index contributed by atoms with van der Waals surface area (Å²) in [4.78, 5) is 27.2. The Morgan fingerprint density at radius 3 is 2.05 bits per heavy atom. The third-order valence-corrected chi connectivity index (χ3v) is 7.01. The number of carbonyl (C=O) groups excluding carboxylic acids is 2. The van der Waals surface area contributed by atoms with Gasteiger partial charge in [0, 0.05) is 13.1 Å². The molecule has 1 heterocycles. The first-order valence-electron chi connectivity index (χ1n) is 11.1. The van der Waals surface area contributed by atoms with Crippen LogP contribution in [0.5, 0.6) is 0 Å². The van der Waals surface area contributed by atoms with Crippen LogP contribution in [0, 0.1) is 23.3 Å². The molecular formula is C26H18F4N4O4S. The summed E-state index contributed by atoms with van der Waals surface area (Å²) in [5.41, 5.74) is -3.34. The molecule has 0 aliphatic heterocycles. The molecule has 0 unspecified atom stereocenters. The van der Waals surface area contributed by atoms with Crippen LogP contribution in [-0.2, 0) is 14.8 Å². The SMILES string of the molecule is CC(=O)Nc1ccc(C(=O)Nc2c(F)ccc(N(c3c(F)cccc3F)S(=O)(=O)c3ccccc3)c2F)cn1. The highest BCUT2D eigenvalue weighted by Gasteiger charge is 2.34. The summed E-state index contributed by atoms with van der Waals surface area (Å²) in [7, 11) is -4.87. The van der Waals surface area contributed by atoms with Crippen LogP contribution in [0.15, 0.2) is 83.9 Å². The maximum atomic E-state index is 15.8. The normalized spacial score (nSPS) is 11.1. The zero-order valence-electron chi connectivity index (χ0n) is 20.0. The van der Waals surface area contributed by atoms with E-state index in [4.69, 9.17) is 0 Å². The molecule has 3 aromatic carbocycles. The van der Waals surface area contributed by atoms with Gasteiger partial charge in [0.1, 0.15) is 23.0 Å². The van der Waals surface area contributed by atoms with Gasteiger partial charge in [0.05, 0.1) is 16.1 Å². The zero-order valence-corrected chi connectivity index (χ0v) is 20.8. The highest BCUT2D eigenvalue weighted by atomic mass is 32.2. The number of sulfonamides is 1. The van der Waals surface area contributed by atoms with E-state index < -0.39 is 67.1 Å². The number of hydrogen-bond acceptors (Lipinski definition) is 5. The lowest BCUT2D eigenvalue weighted by Gasteiger charge is -2.26. The van der Waals surface area contributed by atoms with Gasteiger partial charge in [0.25, 0.3) is 15.9 Å². The molecule has 0 spiro atoms. The van der Waals surface area contributed by atoms with Crippen molar-refractivity contribution in [3.8, 4) is 0 Å². The van der Waals surface area contributed by atoms with E-state index in [1.54, 1.807) is 0 Å². The number of nitrogens with zero attached hydrogens (tertiary/aromatic N) is 2. The van der Waals surface area contributed by atoms with Crippen LogP contribution in [0.25, 0.3) is 0 Å². The Kier molecular flexibility index (Phi) is 7.63. The first-order chi connectivity index (χ1) is 18.5. The van der Waals surface area contributed by atoms with E-state index in [-0.39, 0.29) is 15.7 Å². The molecule has 13 heteroatoms. The maximum absolute atomic E-state index is 15.8. The highest BCUT2D eigenvalue weighted by molar-refractivity contribution is 7.93. The predicted molar refractivity (Wildman–Crippen MR) is 135 cm³/mol. The fourth-order valence-electron chi connectivity index (χ4n) is 3.53. The monoisotopic (exact) mass is 558 g/mol. The summed E-state index contributed by atoms with van der Waals surface area (Å²) >= 11 is 0. The van der Waals surface area contributed by atoms with Crippen LogP contribution in [0.1, 0.15) is 17.3 Å². The van der Waals surface area contributed by atoms with Crippen molar-refractivity contribution in [3.63, 3.8) is 0 Å². The molecule has 4 aromatic rings. The van der Waals surface area contributed by atoms with Gasteiger partial charge in [-0.05, 0) is 48.5 Å². The van der Waals surface area contributed by atoms with Crippen molar-refractivity contribution in [1.82, 2.24) is 4.98 Å². The Morgan fingerprint density at radius 1 is 0.795 bits per heavy atom. The van der Waals surface area contributed by atoms with E-state index in [1.165, 1.54) is 37.3 Å². The number of hydrogen-bond donors (Lipinski definition) is 2. The minimum Gasteiger partial charge on any atom is -0.317 e. The Labute approximate surface area is 220 Å². The molecule has 2 amide bonds. The number of amides is 2. The average Bonchev–Trinajstić information content (AvgIpc) is 2.90. The third-order valence-electron chi connectivity index (χ3n) is 5.28. The Morgan fingerprint density at radius 2 is 1.46 bits per heavy atom. The number of halogens is 4. The summed E-state index contributed by atoms with van der Waals surface area (Å²) in [5.74, 6) is -6.93. The summed E-state index contributed by atoms with van der Waals surface area (Å²) in [6.45, 7) is 1.25. The molecule has 0 radical (unpaired) electrons. The summed E-state index contributed by atoms with van der Waals surface area (Å²) in [6.07, 6.45) is 1.03. The minimum absolute atomic E-state index is 0.0706. The molecular weight excluding hydrogens is 540 g/mol. The second kappa shape index (κ2) is 10.9. The lowest BCUT2D eigenvalue weighted by Crippen LogP contribution is -2.29. The molecule has 0 fully saturated rings. The molecule has 0 saturated heterocycles. The smallest absolute Gasteiger partial charge is 0.268 e. The van der Waals surface area contributed by atoms with Gasteiger partial charge >= 0.3 is 0 Å². The van der Waals surface area contributed by atoms with Crippen molar-refractivity contribution in [2.24, 2.45) is 0 Å². The van der Waals surface area contributed by atoms with Crippen LogP contribution in [0.2, 0.25) is 0 Å². The lowest BCUT2D eigenvalue weighted by atomic mass is 10.2. The van der Waals surface area contributed by atoms with Crippen molar-refractivity contribution in [1.29, 1.82) is 0 Å². The fraction of sp³-hybridized carbons (Fsp3) is 0.0385. The number of carbonyl (C=O) groups is 2. The number of pyridine rings is 1. The summed E-state index contributed by atoms with van der Waals surface area (Å²) < 4.78 is 87.4. The van der Waals surface area contributed by atoms with E-state index >= 15 is 4.39 Å². The molecule has 4 rings (SSSR count). The molecule has 0 aliphatic carbocycles. The third kappa shape index (κ3) is 5.57. The van der Waals surface area contributed by atoms with Crippen LogP contribution in [-0.4, -0.2) is 25.2 Å². The molecule has 200 valence electrons. The van der Waals surface area contributed by atoms with Crippen LogP contribution < -0.4 is 14.9 Å². The van der Waals surface area contributed by atoms with Crippen molar-refractivity contribution >= 4 is 44.7 Å². The number of benzene rings is 3. The van der Waals surface area contributed by atoms with Crippen LogP contribution >= 0.6 is 0 Å². The maximum Gasteiger partial charge on any atom is 0.268 e. The van der Waals surface area contributed by atoms with E-state index in [9.17, 15) is 31.2 Å². The van der Waals surface area contributed by atoms with Crippen LogP contribution in [0.3, 0.4) is 0 Å². The molecule has 8 nitrogen and oxygen atoms in total. The Bertz CT molecular complexity index is 1650. The van der Waals surface area contributed by atoms with Gasteiger partial charge in [-0.2, -0.15) is 0 Å². The average molecular weight is 559 g/mol. The van der Waals surface area contributed by atoms with Crippen molar-refractivity contribution in [2.45, 2.75) is 11.8 Å². The second-order valence-electron chi connectivity index (χ2n) is 7.98. The van der Waals surface area contributed by atoms with Crippen molar-refractivity contribution < 1.29 is 35.6 Å². The molecule has 1 aromatic heterocycles. The van der Waals surface area contributed by atoms with Crippen molar-refractivity contribution in [3.05, 3.63) is 108 Å². The second-order valence-corrected chi connectivity index (χ2v) is 9.76. The molecule has 0 atom stereocenters. The van der Waals surface area contributed by atoms with Crippen molar-refractivity contribution in [2.75, 3.05) is 14.9 Å². The highest BCUT2D eigenvalue weighted by Crippen LogP contribution is 2.40. The topological polar surface area (TPSA) is 108 Å². The first-order valence-corrected chi connectivity index (χ1v) is 12.5. The van der Waals surface area contributed by atoms with Gasteiger partial charge in [-0.15, -0.1) is 0 Å². The van der Waals surface area contributed by atoms with E-state index in [0.29, 0.717) is 12.1 Å². The van der Waals surface area contributed by atoms with Gasteiger partial charge in [-0.25, -0.2) is 35.3 Å². The molecule has 2 N–H and O–H groups in total. The quantitative estimate of drug-likeness (QED) is 0.296. The lowest BCUT2D eigenvalue weighted by molar-refractivity contribution is -0.114. The molecule has 0 aliphatic rings. The van der Waals surface area contributed by atoms with E-state index in [1.807, 2.05) is 5.32 Å². The fourth-order valence-corrected chi connectivity index (χ4v) is 5.06. The zero-order chi connectivity index (χ0) is 28.3. The molecule has 39 heavy (non-hydrogen) atoms. The van der Waals surface area contributed by atoms with Gasteiger partial charge in [0.2, 0.25) is 5.91 Å². The van der Waals surface area contributed by atoms with E-state index in [2.05, 4.69) is 10.3 Å². The minimum atomic E-state index is -4.87. The summed E-state index contributed by atoms with van der Waals surface area (Å²) in [6, 6.07) is 12.8. The number of aromatic nitrogens is 1. The molecule has 0 saturated carbocycles. The number of para-hydroxylation sites is 1. The Hall–Kier alpha value is -4.78. The standard InChI is InChI=1S/C26H18F4N4O4S/c1-15(35)32-22-13-10-16(14-31-22)26(36)33-24-18(27)11-12-21(23(24)30)34(25-19(28)8-5-9-20(25)29)39(37,38)17-6-3-2-4-7-17/h2-14H,1H3,(H,33,36)(H,31,32,35). The first kappa shape index (κ1) is 27.3. The number of anilines is 4. The number of rotatable bonds is 7. The van der Waals surface area contributed by atoms with Gasteiger partial charge in [-0.3, -0.25) is 9.59 Å². The largest absolute Gasteiger partial charge is 0.317 e.